The van der Waals surface area contributed by atoms with E-state index in [1.165, 1.54) is 30.3 Å². The molecule has 2 aromatic rings. The number of sulfonamides is 1. The van der Waals surface area contributed by atoms with Crippen molar-refractivity contribution in [2.24, 2.45) is 10.1 Å². The molecule has 8 nitrogen and oxygen atoms in total. The second kappa shape index (κ2) is 6.79. The molecule has 2 heterocycles. The minimum absolute atomic E-state index is 0.0682. The molecular formula is C12H14F2N6O2S. The quantitative estimate of drug-likeness (QED) is 0.485. The number of nitrogens with zero attached hydrogens (tertiary/aromatic N) is 5. The molecule has 2 rings (SSSR count). The van der Waals surface area contributed by atoms with Crippen molar-refractivity contribution in [1.29, 1.82) is 0 Å². The van der Waals surface area contributed by atoms with Gasteiger partial charge < -0.3 is 10.6 Å². The lowest BCUT2D eigenvalue weighted by molar-refractivity contribution is 0.0566. The SMILES string of the molecule is CN(CN)/C(=N\S(=O)(=O)c1cccnc1)c1cnn(C(F)F)c1. The molecular weight excluding hydrogens is 330 g/mol. The van der Waals surface area contributed by atoms with E-state index in [0.29, 0.717) is 4.68 Å². The van der Waals surface area contributed by atoms with E-state index >= 15 is 0 Å². The molecule has 0 atom stereocenters. The number of hydrogen-bond donors (Lipinski definition) is 1. The van der Waals surface area contributed by atoms with Crippen molar-refractivity contribution < 1.29 is 17.2 Å². The fourth-order valence-corrected chi connectivity index (χ4v) is 2.68. The molecule has 0 spiro atoms. The molecule has 0 saturated carbocycles. The van der Waals surface area contributed by atoms with Crippen molar-refractivity contribution in [3.63, 3.8) is 0 Å². The second-order valence-electron chi connectivity index (χ2n) is 4.45. The number of amidine groups is 1. The fourth-order valence-electron chi connectivity index (χ4n) is 1.66. The number of hydrogen-bond acceptors (Lipinski definition) is 5. The van der Waals surface area contributed by atoms with Crippen LogP contribution in [-0.2, 0) is 10.0 Å². The predicted molar refractivity (Wildman–Crippen MR) is 78.3 cm³/mol. The lowest BCUT2D eigenvalue weighted by Gasteiger charge is -2.17. The standard InChI is InChI=1S/C12H14F2N6O2S/c1-19(8-15)11(9-5-17-20(7-9)12(13)14)18-23(21,22)10-3-2-4-16-6-10/h2-7,12H,8,15H2,1H3/b18-11-. The molecule has 23 heavy (non-hydrogen) atoms. The van der Waals surface area contributed by atoms with E-state index in [0.717, 1.165) is 18.6 Å². The first-order valence-electron chi connectivity index (χ1n) is 6.34. The molecule has 0 radical (unpaired) electrons. The number of alkyl halides is 2. The summed E-state index contributed by atoms with van der Waals surface area (Å²) in [5.74, 6) is -0.0942. The number of halogens is 2. The summed E-state index contributed by atoms with van der Waals surface area (Å²) >= 11 is 0. The van der Waals surface area contributed by atoms with E-state index in [1.807, 2.05) is 0 Å². The highest BCUT2D eigenvalue weighted by Crippen LogP contribution is 2.15. The Labute approximate surface area is 131 Å². The molecule has 0 fully saturated rings. The van der Waals surface area contributed by atoms with Crippen molar-refractivity contribution in [2.45, 2.75) is 11.4 Å². The van der Waals surface area contributed by atoms with Crippen molar-refractivity contribution in [1.82, 2.24) is 19.7 Å². The number of pyridine rings is 1. The predicted octanol–water partition coefficient (Wildman–Crippen LogP) is 0.657. The van der Waals surface area contributed by atoms with Gasteiger partial charge in [0.2, 0.25) is 0 Å². The zero-order valence-corrected chi connectivity index (χ0v) is 12.9. The molecule has 0 aromatic carbocycles. The zero-order valence-electron chi connectivity index (χ0n) is 12.0. The maximum absolute atomic E-state index is 12.6. The van der Waals surface area contributed by atoms with E-state index in [9.17, 15) is 17.2 Å². The van der Waals surface area contributed by atoms with E-state index in [4.69, 9.17) is 5.73 Å². The minimum atomic E-state index is -4.07. The summed E-state index contributed by atoms with van der Waals surface area (Å²) in [6, 6.07) is 2.78. The van der Waals surface area contributed by atoms with Gasteiger partial charge in [-0.15, -0.1) is 4.40 Å². The molecule has 0 unspecified atom stereocenters. The van der Waals surface area contributed by atoms with Gasteiger partial charge in [0.05, 0.1) is 18.4 Å². The molecule has 0 amide bonds. The molecule has 11 heteroatoms. The van der Waals surface area contributed by atoms with Crippen LogP contribution in [0.25, 0.3) is 0 Å². The summed E-state index contributed by atoms with van der Waals surface area (Å²) in [6.07, 6.45) is 4.65. The van der Waals surface area contributed by atoms with Gasteiger partial charge in [-0.1, -0.05) is 0 Å². The first kappa shape index (κ1) is 17.0. The van der Waals surface area contributed by atoms with Crippen LogP contribution in [0.4, 0.5) is 8.78 Å². The van der Waals surface area contributed by atoms with Crippen LogP contribution in [0.1, 0.15) is 12.1 Å². The monoisotopic (exact) mass is 344 g/mol. The van der Waals surface area contributed by atoms with Gasteiger partial charge in [-0.2, -0.15) is 22.3 Å². The zero-order chi connectivity index (χ0) is 17.0. The van der Waals surface area contributed by atoms with Gasteiger partial charge >= 0.3 is 6.55 Å². The maximum Gasteiger partial charge on any atom is 0.333 e. The Kier molecular flexibility index (Phi) is 5.01. The summed E-state index contributed by atoms with van der Waals surface area (Å²) in [6.45, 7) is -2.91. The van der Waals surface area contributed by atoms with Crippen LogP contribution in [0.5, 0.6) is 0 Å². The summed E-state index contributed by atoms with van der Waals surface area (Å²) < 4.78 is 53.9. The van der Waals surface area contributed by atoms with Gasteiger partial charge in [-0.25, -0.2) is 4.68 Å². The second-order valence-corrected chi connectivity index (χ2v) is 6.05. The van der Waals surface area contributed by atoms with Crippen LogP contribution in [0.15, 0.2) is 46.2 Å². The summed E-state index contributed by atoms with van der Waals surface area (Å²) in [4.78, 5) is 4.91. The molecule has 124 valence electrons. The highest BCUT2D eigenvalue weighted by atomic mass is 32.2. The van der Waals surface area contributed by atoms with Gasteiger partial charge in [0.25, 0.3) is 10.0 Å². The molecule has 0 aliphatic carbocycles. The number of rotatable bonds is 5. The van der Waals surface area contributed by atoms with Crippen LogP contribution in [-0.4, -0.2) is 47.6 Å². The van der Waals surface area contributed by atoms with Crippen molar-refractivity contribution in [3.05, 3.63) is 42.5 Å². The summed E-state index contributed by atoms with van der Waals surface area (Å²) in [5, 5.41) is 3.47. The van der Waals surface area contributed by atoms with Gasteiger partial charge in [-0.3, -0.25) is 4.98 Å². The third-order valence-electron chi connectivity index (χ3n) is 2.83. The van der Waals surface area contributed by atoms with E-state index in [-0.39, 0.29) is 23.0 Å². The summed E-state index contributed by atoms with van der Waals surface area (Å²) in [5.41, 5.74) is 5.60. The molecule has 2 N–H and O–H groups in total. The Morgan fingerprint density at radius 1 is 1.48 bits per heavy atom. The first-order chi connectivity index (χ1) is 10.8. The van der Waals surface area contributed by atoms with Crippen molar-refractivity contribution in [2.75, 3.05) is 13.7 Å². The maximum atomic E-state index is 12.6. The van der Waals surface area contributed by atoms with Gasteiger partial charge in [0, 0.05) is 25.6 Å². The smallest absolute Gasteiger partial charge is 0.333 e. The Bertz CT molecular complexity index is 791. The van der Waals surface area contributed by atoms with Crippen LogP contribution in [0, 0.1) is 0 Å². The normalized spacial score (nSPS) is 12.7. The van der Waals surface area contributed by atoms with Crippen LogP contribution in [0.3, 0.4) is 0 Å². The van der Waals surface area contributed by atoms with Gasteiger partial charge in [0.1, 0.15) is 4.90 Å². The van der Waals surface area contributed by atoms with Crippen molar-refractivity contribution in [3.8, 4) is 0 Å². The number of aromatic nitrogens is 3. The van der Waals surface area contributed by atoms with Crippen LogP contribution in [0.2, 0.25) is 0 Å². The number of nitrogens with two attached hydrogens (primary N) is 1. The molecule has 0 aliphatic heterocycles. The minimum Gasteiger partial charge on any atom is -0.346 e. The van der Waals surface area contributed by atoms with Crippen LogP contribution >= 0.6 is 0 Å². The lowest BCUT2D eigenvalue weighted by atomic mass is 10.3. The van der Waals surface area contributed by atoms with E-state index in [1.54, 1.807) is 0 Å². The van der Waals surface area contributed by atoms with Gasteiger partial charge in [-0.05, 0) is 12.1 Å². The highest BCUT2D eigenvalue weighted by molar-refractivity contribution is 7.90. The van der Waals surface area contributed by atoms with Crippen LogP contribution < -0.4 is 5.73 Å². The van der Waals surface area contributed by atoms with E-state index < -0.39 is 16.6 Å². The lowest BCUT2D eigenvalue weighted by Crippen LogP contribution is -2.33. The Morgan fingerprint density at radius 2 is 2.22 bits per heavy atom. The topological polar surface area (TPSA) is 106 Å². The third kappa shape index (κ3) is 3.87. The Morgan fingerprint density at radius 3 is 2.74 bits per heavy atom. The molecule has 0 bridgehead atoms. The Balaban J connectivity index is 2.50. The molecule has 0 aliphatic rings. The summed E-state index contributed by atoms with van der Waals surface area (Å²) in [7, 11) is -2.59. The first-order valence-corrected chi connectivity index (χ1v) is 7.78. The van der Waals surface area contributed by atoms with Crippen molar-refractivity contribution >= 4 is 15.9 Å². The largest absolute Gasteiger partial charge is 0.346 e. The Hall–Kier alpha value is -2.40. The fraction of sp³-hybridized carbons (Fsp3) is 0.250. The molecule has 2 aromatic heterocycles. The third-order valence-corrected chi connectivity index (χ3v) is 4.08. The highest BCUT2D eigenvalue weighted by Gasteiger charge is 2.20. The molecule has 0 saturated heterocycles. The van der Waals surface area contributed by atoms with E-state index in [2.05, 4.69) is 14.5 Å². The average Bonchev–Trinajstić information content (AvgIpc) is 3.03. The van der Waals surface area contributed by atoms with Gasteiger partial charge in [0.15, 0.2) is 5.84 Å². The average molecular weight is 344 g/mol.